The molecular formula is C13H24N4O. The van der Waals surface area contributed by atoms with Gasteiger partial charge in [0.2, 0.25) is 0 Å². The molecule has 102 valence electrons. The quantitative estimate of drug-likeness (QED) is 0.878. The molecule has 5 heteroatoms. The van der Waals surface area contributed by atoms with Gasteiger partial charge in [-0.3, -0.25) is 4.68 Å². The van der Waals surface area contributed by atoms with E-state index in [1.807, 2.05) is 11.7 Å². The molecule has 2 unspecified atom stereocenters. The SMILES string of the molecule is CCNC1COCC1c1nc(C(C)(C)C)nn1C. The van der Waals surface area contributed by atoms with Crippen molar-refractivity contribution >= 4 is 0 Å². The van der Waals surface area contributed by atoms with Crippen LogP contribution in [0.5, 0.6) is 0 Å². The third-order valence-electron chi connectivity index (χ3n) is 3.35. The van der Waals surface area contributed by atoms with Crippen molar-refractivity contribution < 1.29 is 4.74 Å². The van der Waals surface area contributed by atoms with Crippen LogP contribution in [-0.4, -0.2) is 40.6 Å². The molecule has 0 radical (unpaired) electrons. The van der Waals surface area contributed by atoms with Crippen LogP contribution < -0.4 is 5.32 Å². The molecule has 5 nitrogen and oxygen atoms in total. The van der Waals surface area contributed by atoms with E-state index in [0.717, 1.165) is 31.4 Å². The van der Waals surface area contributed by atoms with E-state index in [-0.39, 0.29) is 5.41 Å². The van der Waals surface area contributed by atoms with Gasteiger partial charge in [0, 0.05) is 18.5 Å². The Kier molecular flexibility index (Phi) is 3.73. The normalized spacial score (nSPS) is 24.7. The minimum atomic E-state index is -0.0108. The van der Waals surface area contributed by atoms with E-state index >= 15 is 0 Å². The van der Waals surface area contributed by atoms with Crippen LogP contribution in [0, 0.1) is 0 Å². The van der Waals surface area contributed by atoms with Gasteiger partial charge in [0.1, 0.15) is 5.82 Å². The summed E-state index contributed by atoms with van der Waals surface area (Å²) in [4.78, 5) is 4.73. The Morgan fingerprint density at radius 2 is 2.11 bits per heavy atom. The Balaban J connectivity index is 2.25. The van der Waals surface area contributed by atoms with E-state index in [1.54, 1.807) is 0 Å². The van der Waals surface area contributed by atoms with E-state index in [0.29, 0.717) is 12.0 Å². The van der Waals surface area contributed by atoms with E-state index < -0.39 is 0 Å². The van der Waals surface area contributed by atoms with Crippen molar-refractivity contribution in [2.45, 2.75) is 45.1 Å². The molecule has 2 rings (SSSR count). The zero-order valence-corrected chi connectivity index (χ0v) is 12.0. The fraction of sp³-hybridized carbons (Fsp3) is 0.846. The highest BCUT2D eigenvalue weighted by Gasteiger charge is 2.33. The first-order valence-corrected chi connectivity index (χ1v) is 6.66. The monoisotopic (exact) mass is 252 g/mol. The molecule has 1 aliphatic heterocycles. The van der Waals surface area contributed by atoms with E-state index in [9.17, 15) is 0 Å². The van der Waals surface area contributed by atoms with Gasteiger partial charge in [0.15, 0.2) is 5.82 Å². The average molecular weight is 252 g/mol. The zero-order chi connectivity index (χ0) is 13.3. The standard InChI is InChI=1S/C13H24N4O/c1-6-14-10-8-18-7-9(10)11-15-12(13(2,3)4)16-17(11)5/h9-10,14H,6-8H2,1-5H3. The molecule has 1 aromatic heterocycles. The zero-order valence-electron chi connectivity index (χ0n) is 12.0. The largest absolute Gasteiger partial charge is 0.379 e. The summed E-state index contributed by atoms with van der Waals surface area (Å²) in [6.45, 7) is 11.0. The lowest BCUT2D eigenvalue weighted by molar-refractivity contribution is 0.187. The maximum absolute atomic E-state index is 5.58. The molecule has 0 saturated carbocycles. The van der Waals surface area contributed by atoms with Gasteiger partial charge in [-0.1, -0.05) is 27.7 Å². The van der Waals surface area contributed by atoms with Gasteiger partial charge in [0.25, 0.3) is 0 Å². The van der Waals surface area contributed by atoms with Crippen LogP contribution in [0.2, 0.25) is 0 Å². The molecule has 1 saturated heterocycles. The van der Waals surface area contributed by atoms with Crippen molar-refractivity contribution in [3.05, 3.63) is 11.6 Å². The predicted molar refractivity (Wildman–Crippen MR) is 70.7 cm³/mol. The van der Waals surface area contributed by atoms with Crippen molar-refractivity contribution in [3.8, 4) is 0 Å². The average Bonchev–Trinajstić information content (AvgIpc) is 2.84. The van der Waals surface area contributed by atoms with Crippen molar-refractivity contribution in [1.29, 1.82) is 0 Å². The third kappa shape index (κ3) is 2.57. The maximum atomic E-state index is 5.58. The Labute approximate surface area is 109 Å². The molecule has 0 bridgehead atoms. The minimum Gasteiger partial charge on any atom is -0.379 e. The van der Waals surface area contributed by atoms with Gasteiger partial charge in [0.05, 0.1) is 19.1 Å². The molecule has 2 heterocycles. The van der Waals surface area contributed by atoms with Gasteiger partial charge in [-0.05, 0) is 6.54 Å². The molecule has 1 N–H and O–H groups in total. The maximum Gasteiger partial charge on any atom is 0.156 e. The Morgan fingerprint density at radius 1 is 1.39 bits per heavy atom. The summed E-state index contributed by atoms with van der Waals surface area (Å²) in [5.74, 6) is 2.24. The predicted octanol–water partition coefficient (Wildman–Crippen LogP) is 1.20. The van der Waals surface area contributed by atoms with Crippen LogP contribution in [0.15, 0.2) is 0 Å². The van der Waals surface area contributed by atoms with Crippen LogP contribution >= 0.6 is 0 Å². The number of rotatable bonds is 3. The molecule has 1 aliphatic rings. The number of hydrogen-bond acceptors (Lipinski definition) is 4. The first-order valence-electron chi connectivity index (χ1n) is 6.66. The number of aryl methyl sites for hydroxylation is 1. The van der Waals surface area contributed by atoms with Crippen LogP contribution in [0.4, 0.5) is 0 Å². The van der Waals surface area contributed by atoms with Gasteiger partial charge in [-0.15, -0.1) is 0 Å². The lowest BCUT2D eigenvalue weighted by atomic mass is 9.96. The number of aromatic nitrogens is 3. The smallest absolute Gasteiger partial charge is 0.156 e. The molecule has 0 amide bonds. The summed E-state index contributed by atoms with van der Waals surface area (Å²) in [6, 6.07) is 0.353. The lowest BCUT2D eigenvalue weighted by Crippen LogP contribution is -2.35. The van der Waals surface area contributed by atoms with E-state index in [4.69, 9.17) is 9.72 Å². The molecule has 2 atom stereocenters. The van der Waals surface area contributed by atoms with E-state index in [2.05, 4.69) is 38.1 Å². The van der Waals surface area contributed by atoms with Crippen molar-refractivity contribution in [2.24, 2.45) is 7.05 Å². The topological polar surface area (TPSA) is 52.0 Å². The van der Waals surface area contributed by atoms with Crippen LogP contribution in [0.3, 0.4) is 0 Å². The molecule has 0 spiro atoms. The highest BCUT2D eigenvalue weighted by atomic mass is 16.5. The van der Waals surface area contributed by atoms with Gasteiger partial charge in [-0.25, -0.2) is 4.98 Å². The first-order chi connectivity index (χ1) is 8.43. The number of ether oxygens (including phenoxy) is 1. The van der Waals surface area contributed by atoms with Gasteiger partial charge in [-0.2, -0.15) is 5.10 Å². The number of nitrogens with one attached hydrogen (secondary N) is 1. The number of likely N-dealkylation sites (N-methyl/N-ethyl adjacent to an activating group) is 1. The Bertz CT molecular complexity index is 408. The second kappa shape index (κ2) is 4.97. The molecule has 1 aromatic rings. The second-order valence-electron chi connectivity index (χ2n) is 5.98. The minimum absolute atomic E-state index is 0.0108. The second-order valence-corrected chi connectivity index (χ2v) is 5.98. The summed E-state index contributed by atoms with van der Waals surface area (Å²) in [5, 5.41) is 8.01. The highest BCUT2D eigenvalue weighted by molar-refractivity contribution is 5.10. The summed E-state index contributed by atoms with van der Waals surface area (Å²) in [5.41, 5.74) is -0.0108. The fourth-order valence-electron chi connectivity index (χ4n) is 2.31. The summed E-state index contributed by atoms with van der Waals surface area (Å²) >= 11 is 0. The van der Waals surface area contributed by atoms with Crippen LogP contribution in [0.1, 0.15) is 45.3 Å². The van der Waals surface area contributed by atoms with E-state index in [1.165, 1.54) is 0 Å². The summed E-state index contributed by atoms with van der Waals surface area (Å²) in [7, 11) is 1.97. The molecule has 0 aliphatic carbocycles. The highest BCUT2D eigenvalue weighted by Crippen LogP contribution is 2.26. The molecule has 1 fully saturated rings. The Morgan fingerprint density at radius 3 is 2.67 bits per heavy atom. The lowest BCUT2D eigenvalue weighted by Gasteiger charge is -2.17. The van der Waals surface area contributed by atoms with Crippen molar-refractivity contribution in [2.75, 3.05) is 19.8 Å². The van der Waals surface area contributed by atoms with Crippen LogP contribution in [0.25, 0.3) is 0 Å². The third-order valence-corrected chi connectivity index (χ3v) is 3.35. The summed E-state index contributed by atoms with van der Waals surface area (Å²) < 4.78 is 7.49. The van der Waals surface area contributed by atoms with Crippen LogP contribution in [-0.2, 0) is 17.2 Å². The number of hydrogen-bond donors (Lipinski definition) is 1. The number of nitrogens with zero attached hydrogens (tertiary/aromatic N) is 3. The Hall–Kier alpha value is -0.940. The molecular weight excluding hydrogens is 228 g/mol. The summed E-state index contributed by atoms with van der Waals surface area (Å²) in [6.07, 6.45) is 0. The first kappa shape index (κ1) is 13.5. The molecule has 0 aromatic carbocycles. The molecule has 18 heavy (non-hydrogen) atoms. The van der Waals surface area contributed by atoms with Gasteiger partial charge < -0.3 is 10.1 Å². The van der Waals surface area contributed by atoms with Crippen molar-refractivity contribution in [3.63, 3.8) is 0 Å². The fourth-order valence-corrected chi connectivity index (χ4v) is 2.31. The van der Waals surface area contributed by atoms with Crippen molar-refractivity contribution in [1.82, 2.24) is 20.1 Å². The van der Waals surface area contributed by atoms with Gasteiger partial charge >= 0.3 is 0 Å².